The molecule has 0 bridgehead atoms. The summed E-state index contributed by atoms with van der Waals surface area (Å²) in [6.45, 7) is 4.49. The fraction of sp³-hybridized carbons (Fsp3) is 0.364. The molecule has 0 saturated carbocycles. The minimum atomic E-state index is -0.0832. The summed E-state index contributed by atoms with van der Waals surface area (Å²) < 4.78 is 0. The number of hydrogen-bond acceptors (Lipinski definition) is 3. The van der Waals surface area contributed by atoms with Gasteiger partial charge in [0.25, 0.3) is 0 Å². The highest BCUT2D eigenvalue weighted by molar-refractivity contribution is 5.88. The summed E-state index contributed by atoms with van der Waals surface area (Å²) in [4.78, 5) is 28.1. The Balaban J connectivity index is 1.55. The molecule has 0 spiro atoms. The van der Waals surface area contributed by atoms with Gasteiger partial charge in [-0.25, -0.2) is 4.79 Å². The lowest BCUT2D eigenvalue weighted by molar-refractivity contribution is -0.114. The van der Waals surface area contributed by atoms with Gasteiger partial charge in [0.1, 0.15) is 0 Å². The molecule has 6 heteroatoms. The van der Waals surface area contributed by atoms with Crippen LogP contribution in [0.2, 0.25) is 0 Å². The Bertz CT molecular complexity index is 792. The number of likely N-dealkylation sites (N-methyl/N-ethyl adjacent to an activating group) is 1. The average molecular weight is 380 g/mol. The maximum atomic E-state index is 12.8. The standard InChI is InChI=1S/C22H28N4O2/c1-17(27)24-20-10-8-18(9-11-20)12-13-23-22(28)26-15-14-25(2)16-21(26)19-6-4-3-5-7-19/h3-11,21H,12-16H2,1-2H3,(H,23,28)(H,24,27). The van der Waals surface area contributed by atoms with Crippen LogP contribution in [0.5, 0.6) is 0 Å². The second kappa shape index (κ2) is 9.37. The van der Waals surface area contributed by atoms with Gasteiger partial charge in [-0.2, -0.15) is 0 Å². The number of nitrogens with zero attached hydrogens (tertiary/aromatic N) is 2. The third kappa shape index (κ3) is 5.33. The van der Waals surface area contributed by atoms with E-state index in [0.717, 1.165) is 36.3 Å². The van der Waals surface area contributed by atoms with E-state index in [0.29, 0.717) is 13.1 Å². The number of benzene rings is 2. The Morgan fingerprint density at radius 2 is 1.75 bits per heavy atom. The Kier molecular flexibility index (Phi) is 6.66. The summed E-state index contributed by atoms with van der Waals surface area (Å²) in [7, 11) is 2.09. The number of amides is 3. The zero-order valence-corrected chi connectivity index (χ0v) is 16.5. The van der Waals surface area contributed by atoms with Crippen molar-refractivity contribution >= 4 is 17.6 Å². The molecule has 3 amide bonds. The van der Waals surface area contributed by atoms with Crippen molar-refractivity contribution in [2.75, 3.05) is 38.5 Å². The van der Waals surface area contributed by atoms with E-state index in [2.05, 4.69) is 34.7 Å². The first-order valence-electron chi connectivity index (χ1n) is 9.67. The van der Waals surface area contributed by atoms with Crippen LogP contribution in [0.3, 0.4) is 0 Å². The summed E-state index contributed by atoms with van der Waals surface area (Å²) in [5.41, 5.74) is 3.06. The molecule has 2 aromatic rings. The third-order valence-corrected chi connectivity index (χ3v) is 4.99. The molecule has 1 aliphatic heterocycles. The molecule has 0 aliphatic carbocycles. The molecule has 2 aromatic carbocycles. The normalized spacial score (nSPS) is 17.2. The summed E-state index contributed by atoms with van der Waals surface area (Å²) in [6.07, 6.45) is 0.746. The second-order valence-corrected chi connectivity index (χ2v) is 7.24. The van der Waals surface area contributed by atoms with Gasteiger partial charge in [-0.1, -0.05) is 42.5 Å². The van der Waals surface area contributed by atoms with Crippen LogP contribution in [0.4, 0.5) is 10.5 Å². The van der Waals surface area contributed by atoms with Crippen LogP contribution in [-0.4, -0.2) is 55.0 Å². The topological polar surface area (TPSA) is 64.7 Å². The Hall–Kier alpha value is -2.86. The van der Waals surface area contributed by atoms with Gasteiger partial charge in [-0.15, -0.1) is 0 Å². The molecule has 1 fully saturated rings. The Morgan fingerprint density at radius 3 is 2.43 bits per heavy atom. The van der Waals surface area contributed by atoms with Crippen molar-refractivity contribution in [3.05, 3.63) is 65.7 Å². The van der Waals surface area contributed by atoms with Gasteiger partial charge in [-0.3, -0.25) is 4.79 Å². The van der Waals surface area contributed by atoms with Crippen molar-refractivity contribution in [2.24, 2.45) is 0 Å². The number of hydrogen-bond donors (Lipinski definition) is 2. The van der Waals surface area contributed by atoms with Crippen LogP contribution in [-0.2, 0) is 11.2 Å². The van der Waals surface area contributed by atoms with Crippen molar-refractivity contribution in [3.8, 4) is 0 Å². The maximum Gasteiger partial charge on any atom is 0.318 e. The molecule has 1 atom stereocenters. The fourth-order valence-corrected chi connectivity index (χ4v) is 3.50. The van der Waals surface area contributed by atoms with Crippen LogP contribution < -0.4 is 10.6 Å². The molecule has 1 saturated heterocycles. The predicted molar refractivity (Wildman–Crippen MR) is 111 cm³/mol. The van der Waals surface area contributed by atoms with E-state index in [-0.39, 0.29) is 18.0 Å². The van der Waals surface area contributed by atoms with Crippen LogP contribution in [0.1, 0.15) is 24.1 Å². The molecular weight excluding hydrogens is 352 g/mol. The van der Waals surface area contributed by atoms with Gasteiger partial charge >= 0.3 is 6.03 Å². The van der Waals surface area contributed by atoms with E-state index in [1.807, 2.05) is 47.4 Å². The van der Waals surface area contributed by atoms with Crippen LogP contribution in [0.15, 0.2) is 54.6 Å². The van der Waals surface area contributed by atoms with Crippen LogP contribution in [0.25, 0.3) is 0 Å². The summed E-state index contributed by atoms with van der Waals surface area (Å²) >= 11 is 0. The number of carbonyl (C=O) groups is 2. The lowest BCUT2D eigenvalue weighted by atomic mass is 10.0. The second-order valence-electron chi connectivity index (χ2n) is 7.24. The minimum absolute atomic E-state index is 0.0168. The number of anilines is 1. The number of rotatable bonds is 5. The van der Waals surface area contributed by atoms with E-state index < -0.39 is 0 Å². The highest BCUT2D eigenvalue weighted by atomic mass is 16.2. The van der Waals surface area contributed by atoms with E-state index in [1.165, 1.54) is 6.92 Å². The minimum Gasteiger partial charge on any atom is -0.338 e. The van der Waals surface area contributed by atoms with Crippen LogP contribution >= 0.6 is 0 Å². The molecule has 148 valence electrons. The number of piperazine rings is 1. The molecule has 2 N–H and O–H groups in total. The molecule has 28 heavy (non-hydrogen) atoms. The largest absolute Gasteiger partial charge is 0.338 e. The highest BCUT2D eigenvalue weighted by Gasteiger charge is 2.29. The number of nitrogens with one attached hydrogen (secondary N) is 2. The van der Waals surface area contributed by atoms with Crippen molar-refractivity contribution in [1.82, 2.24) is 15.1 Å². The van der Waals surface area contributed by atoms with E-state index in [4.69, 9.17) is 0 Å². The lowest BCUT2D eigenvalue weighted by Crippen LogP contribution is -2.52. The summed E-state index contributed by atoms with van der Waals surface area (Å²) in [5.74, 6) is -0.0832. The highest BCUT2D eigenvalue weighted by Crippen LogP contribution is 2.24. The monoisotopic (exact) mass is 380 g/mol. The fourth-order valence-electron chi connectivity index (χ4n) is 3.50. The molecule has 1 aliphatic rings. The molecule has 6 nitrogen and oxygen atoms in total. The average Bonchev–Trinajstić information content (AvgIpc) is 2.69. The molecule has 1 unspecified atom stereocenters. The maximum absolute atomic E-state index is 12.8. The van der Waals surface area contributed by atoms with Gasteiger partial charge in [0.15, 0.2) is 0 Å². The van der Waals surface area contributed by atoms with Crippen molar-refractivity contribution < 1.29 is 9.59 Å². The van der Waals surface area contributed by atoms with Crippen molar-refractivity contribution in [2.45, 2.75) is 19.4 Å². The number of urea groups is 1. The van der Waals surface area contributed by atoms with Gasteiger partial charge in [0, 0.05) is 38.8 Å². The summed E-state index contributed by atoms with van der Waals surface area (Å²) in [5, 5.41) is 5.81. The van der Waals surface area contributed by atoms with Crippen molar-refractivity contribution in [1.29, 1.82) is 0 Å². The molecular formula is C22H28N4O2. The quantitative estimate of drug-likeness (QED) is 0.838. The Labute approximate surface area is 166 Å². The van der Waals surface area contributed by atoms with E-state index in [9.17, 15) is 9.59 Å². The zero-order chi connectivity index (χ0) is 19.9. The summed E-state index contributed by atoms with van der Waals surface area (Å²) in [6, 6.07) is 18.0. The smallest absolute Gasteiger partial charge is 0.318 e. The van der Waals surface area contributed by atoms with Gasteiger partial charge < -0.3 is 20.4 Å². The van der Waals surface area contributed by atoms with E-state index >= 15 is 0 Å². The van der Waals surface area contributed by atoms with Gasteiger partial charge in [0.05, 0.1) is 6.04 Å². The first-order chi connectivity index (χ1) is 13.5. The Morgan fingerprint density at radius 1 is 1.04 bits per heavy atom. The van der Waals surface area contributed by atoms with Crippen molar-refractivity contribution in [3.63, 3.8) is 0 Å². The van der Waals surface area contributed by atoms with Crippen LogP contribution in [0, 0.1) is 0 Å². The number of carbonyl (C=O) groups excluding carboxylic acids is 2. The third-order valence-electron chi connectivity index (χ3n) is 4.99. The van der Waals surface area contributed by atoms with Gasteiger partial charge in [-0.05, 0) is 36.7 Å². The molecule has 1 heterocycles. The molecule has 0 aromatic heterocycles. The molecule has 0 radical (unpaired) electrons. The first kappa shape index (κ1) is 19.9. The first-order valence-corrected chi connectivity index (χ1v) is 9.67. The predicted octanol–water partition coefficient (Wildman–Crippen LogP) is 2.89. The van der Waals surface area contributed by atoms with Gasteiger partial charge in [0.2, 0.25) is 5.91 Å². The SMILES string of the molecule is CC(=O)Nc1ccc(CCNC(=O)N2CCN(C)CC2c2ccccc2)cc1. The lowest BCUT2D eigenvalue weighted by Gasteiger charge is -2.40. The van der Waals surface area contributed by atoms with E-state index in [1.54, 1.807) is 0 Å². The molecule has 3 rings (SSSR count). The zero-order valence-electron chi connectivity index (χ0n) is 16.5.